The molecule has 0 saturated carbocycles. The zero-order valence-corrected chi connectivity index (χ0v) is 28.3. The molecule has 5 nitrogen and oxygen atoms in total. The van der Waals surface area contributed by atoms with Crippen LogP contribution in [0, 0.1) is 3.57 Å². The average Bonchev–Trinajstić information content (AvgIpc) is 3.01. The second-order valence-corrected chi connectivity index (χ2v) is 13.4. The molecule has 0 unspecified atom stereocenters. The van der Waals surface area contributed by atoms with Crippen molar-refractivity contribution in [1.29, 1.82) is 0 Å². The van der Waals surface area contributed by atoms with Crippen LogP contribution >= 0.6 is 45.8 Å². The van der Waals surface area contributed by atoms with Crippen molar-refractivity contribution >= 4 is 57.4 Å². The summed E-state index contributed by atoms with van der Waals surface area (Å²) in [5.74, 6) is 1.08. The van der Waals surface area contributed by atoms with E-state index in [-0.39, 0.29) is 18.2 Å². The van der Waals surface area contributed by atoms with Gasteiger partial charge in [0.05, 0.1) is 20.2 Å². The van der Waals surface area contributed by atoms with E-state index in [1.54, 1.807) is 12.1 Å². The second-order valence-electron chi connectivity index (χ2n) is 11.4. The number of ether oxygens (including phenoxy) is 2. The summed E-state index contributed by atoms with van der Waals surface area (Å²) in [7, 11) is 0. The molecule has 8 heteroatoms. The fourth-order valence-corrected chi connectivity index (χ4v) is 7.75. The number of Topliss-reactive ketones (excluding diaryl/α,β-unsaturated/α-hetero) is 2. The van der Waals surface area contributed by atoms with Crippen molar-refractivity contribution in [2.75, 3.05) is 13.2 Å². The minimum atomic E-state index is -0.412. The van der Waals surface area contributed by atoms with Gasteiger partial charge < -0.3 is 14.4 Å². The standard InChI is InChI=1S/C36H34Cl2INO4/c1-2-43-32-20-24(19-27(39)36(32)44-21-23-14-15-25(37)26(38)18-23)33-34-28(10-6-12-30(34)41)40(17-16-22-8-4-3-5-9-22)29-11-7-13-31(42)35(29)33/h3-5,8-9,14-15,18-20,33H,2,6-7,10-13,16-17,21H2,1H3. The number of rotatable bonds is 9. The van der Waals surface area contributed by atoms with Crippen molar-refractivity contribution in [1.82, 2.24) is 4.90 Å². The Kier molecular flexibility index (Phi) is 9.69. The summed E-state index contributed by atoms with van der Waals surface area (Å²) >= 11 is 14.6. The maximum absolute atomic E-state index is 13.8. The third-order valence-corrected chi connectivity index (χ3v) is 10.1. The minimum Gasteiger partial charge on any atom is -0.490 e. The van der Waals surface area contributed by atoms with Crippen LogP contribution in [0.1, 0.15) is 68.1 Å². The lowest BCUT2D eigenvalue weighted by molar-refractivity contribution is -0.117. The quantitative estimate of drug-likeness (QED) is 0.205. The third-order valence-electron chi connectivity index (χ3n) is 8.59. The highest BCUT2D eigenvalue weighted by Gasteiger charge is 2.43. The molecule has 228 valence electrons. The predicted octanol–water partition coefficient (Wildman–Crippen LogP) is 9.23. The Morgan fingerprint density at radius 3 is 2.14 bits per heavy atom. The van der Waals surface area contributed by atoms with Crippen LogP contribution in [-0.2, 0) is 22.6 Å². The smallest absolute Gasteiger partial charge is 0.174 e. The summed E-state index contributed by atoms with van der Waals surface area (Å²) < 4.78 is 13.3. The van der Waals surface area contributed by atoms with Crippen LogP contribution in [0.3, 0.4) is 0 Å². The van der Waals surface area contributed by atoms with E-state index in [4.69, 9.17) is 32.7 Å². The molecule has 0 bridgehead atoms. The number of carbonyl (C=O) groups is 2. The number of benzene rings is 3. The summed E-state index contributed by atoms with van der Waals surface area (Å²) in [6.45, 7) is 3.41. The van der Waals surface area contributed by atoms with Crippen LogP contribution in [0.2, 0.25) is 10.0 Å². The van der Waals surface area contributed by atoms with Crippen LogP contribution in [0.25, 0.3) is 0 Å². The number of hydrogen-bond acceptors (Lipinski definition) is 5. The summed E-state index contributed by atoms with van der Waals surface area (Å²) in [6.07, 6.45) is 5.16. The molecule has 2 aliphatic carbocycles. The summed E-state index contributed by atoms with van der Waals surface area (Å²) in [4.78, 5) is 29.9. The molecular formula is C36H34Cl2INO4. The minimum absolute atomic E-state index is 0.138. The van der Waals surface area contributed by atoms with Gasteiger partial charge in [0.2, 0.25) is 0 Å². The van der Waals surface area contributed by atoms with Crippen LogP contribution in [0.15, 0.2) is 83.2 Å². The molecule has 1 aliphatic heterocycles. The Morgan fingerprint density at radius 2 is 1.50 bits per heavy atom. The van der Waals surface area contributed by atoms with Crippen molar-refractivity contribution < 1.29 is 19.1 Å². The van der Waals surface area contributed by atoms with Gasteiger partial charge in [-0.25, -0.2) is 0 Å². The number of ketones is 2. The van der Waals surface area contributed by atoms with Crippen molar-refractivity contribution in [3.05, 3.63) is 114 Å². The van der Waals surface area contributed by atoms with E-state index >= 15 is 0 Å². The van der Waals surface area contributed by atoms with Gasteiger partial charge in [-0.15, -0.1) is 0 Å². The van der Waals surface area contributed by atoms with Gasteiger partial charge >= 0.3 is 0 Å². The van der Waals surface area contributed by atoms with Crippen molar-refractivity contribution in [2.45, 2.75) is 64.4 Å². The highest BCUT2D eigenvalue weighted by Crippen LogP contribution is 2.50. The van der Waals surface area contributed by atoms with Gasteiger partial charge in [-0.3, -0.25) is 9.59 Å². The van der Waals surface area contributed by atoms with E-state index in [0.717, 1.165) is 75.9 Å². The van der Waals surface area contributed by atoms with Crippen molar-refractivity contribution in [3.8, 4) is 11.5 Å². The summed E-state index contributed by atoms with van der Waals surface area (Å²) in [5.41, 5.74) is 6.76. The first kappa shape index (κ1) is 31.2. The van der Waals surface area contributed by atoms with Crippen LogP contribution < -0.4 is 9.47 Å². The van der Waals surface area contributed by atoms with Gasteiger partial charge in [0.25, 0.3) is 0 Å². The number of carbonyl (C=O) groups excluding carboxylic acids is 2. The summed E-state index contributed by atoms with van der Waals surface area (Å²) in [5, 5.41) is 0.966. The predicted molar refractivity (Wildman–Crippen MR) is 182 cm³/mol. The van der Waals surface area contributed by atoms with Crippen LogP contribution in [-0.4, -0.2) is 29.6 Å². The maximum atomic E-state index is 13.8. The van der Waals surface area contributed by atoms with Gasteiger partial charge in [-0.1, -0.05) is 59.6 Å². The summed E-state index contributed by atoms with van der Waals surface area (Å²) in [6, 6.07) is 19.9. The van der Waals surface area contributed by atoms with Gasteiger partial charge in [0.15, 0.2) is 23.1 Å². The Balaban J connectivity index is 1.41. The Labute approximate surface area is 282 Å². The fraction of sp³-hybridized carbons (Fsp3) is 0.333. The van der Waals surface area contributed by atoms with Crippen LogP contribution in [0.4, 0.5) is 0 Å². The molecule has 0 atom stereocenters. The van der Waals surface area contributed by atoms with Gasteiger partial charge in [0, 0.05) is 47.8 Å². The number of nitrogens with zero attached hydrogens (tertiary/aromatic N) is 1. The molecule has 44 heavy (non-hydrogen) atoms. The molecule has 0 radical (unpaired) electrons. The SMILES string of the molecule is CCOc1cc(C2C3=C(CCCC3=O)N(CCc3ccccc3)C3=C2C(=O)CCC3)cc(I)c1OCc1ccc(Cl)c(Cl)c1. The van der Waals surface area contributed by atoms with Crippen LogP contribution in [0.5, 0.6) is 11.5 Å². The monoisotopic (exact) mass is 741 g/mol. The van der Waals surface area contributed by atoms with E-state index in [9.17, 15) is 9.59 Å². The lowest BCUT2D eigenvalue weighted by Gasteiger charge is -2.44. The normalized spacial score (nSPS) is 17.1. The molecule has 0 amide bonds. The molecule has 0 fully saturated rings. The lowest BCUT2D eigenvalue weighted by atomic mass is 9.71. The topological polar surface area (TPSA) is 55.8 Å². The van der Waals surface area contributed by atoms with E-state index < -0.39 is 5.92 Å². The molecule has 3 aromatic rings. The van der Waals surface area contributed by atoms with E-state index in [2.05, 4.69) is 57.8 Å². The first-order chi connectivity index (χ1) is 21.4. The Morgan fingerprint density at radius 1 is 0.818 bits per heavy atom. The molecular weight excluding hydrogens is 708 g/mol. The molecule has 0 spiro atoms. The third kappa shape index (κ3) is 6.31. The first-order valence-electron chi connectivity index (χ1n) is 15.2. The van der Waals surface area contributed by atoms with E-state index in [1.807, 2.05) is 25.1 Å². The van der Waals surface area contributed by atoms with Gasteiger partial charge in [0.1, 0.15) is 6.61 Å². The average molecular weight is 742 g/mol. The zero-order chi connectivity index (χ0) is 30.8. The number of hydrogen-bond donors (Lipinski definition) is 0. The fourth-order valence-electron chi connectivity index (χ4n) is 6.65. The molecule has 3 aromatic carbocycles. The van der Waals surface area contributed by atoms with Gasteiger partial charge in [-0.05, 0) is 103 Å². The van der Waals surface area contributed by atoms with E-state index in [0.29, 0.717) is 41.0 Å². The molecule has 3 aliphatic rings. The highest BCUT2D eigenvalue weighted by molar-refractivity contribution is 14.1. The maximum Gasteiger partial charge on any atom is 0.174 e. The highest BCUT2D eigenvalue weighted by atomic mass is 127. The van der Waals surface area contributed by atoms with E-state index in [1.165, 1.54) is 5.56 Å². The molecule has 0 N–H and O–H groups in total. The molecule has 6 rings (SSSR count). The Bertz CT molecular complexity index is 1620. The zero-order valence-electron chi connectivity index (χ0n) is 24.6. The molecule has 0 saturated heterocycles. The molecule has 1 heterocycles. The molecule has 0 aromatic heterocycles. The van der Waals surface area contributed by atoms with Gasteiger partial charge in [-0.2, -0.15) is 0 Å². The first-order valence-corrected chi connectivity index (χ1v) is 17.1. The number of allylic oxidation sites excluding steroid dienone is 4. The second kappa shape index (κ2) is 13.7. The largest absolute Gasteiger partial charge is 0.490 e. The van der Waals surface area contributed by atoms with Crippen molar-refractivity contribution in [2.24, 2.45) is 0 Å². The number of halogens is 3. The van der Waals surface area contributed by atoms with Crippen molar-refractivity contribution in [3.63, 3.8) is 0 Å². The lowest BCUT2D eigenvalue weighted by Crippen LogP contribution is -2.40. The Hall–Kier alpha value is -2.81.